The summed E-state index contributed by atoms with van der Waals surface area (Å²) in [5.74, 6) is 3.43. The Morgan fingerprint density at radius 2 is 1.62 bits per heavy atom. The number of allylic oxidation sites excluding steroid dienone is 1. The topological polar surface area (TPSA) is 57.2 Å². The van der Waals surface area contributed by atoms with Crippen LogP contribution >= 0.6 is 0 Å². The van der Waals surface area contributed by atoms with Gasteiger partial charge >= 0.3 is 0 Å². The molecule has 2 aliphatic rings. The Kier molecular flexibility index (Phi) is 4.85. The minimum Gasteiger partial charge on any atom is -0.502 e. The van der Waals surface area contributed by atoms with Gasteiger partial charge in [-0.25, -0.2) is 0 Å². The van der Waals surface area contributed by atoms with E-state index in [0.717, 1.165) is 33.8 Å². The quantitative estimate of drug-likeness (QED) is 0.769. The largest absolute Gasteiger partial charge is 0.502 e. The van der Waals surface area contributed by atoms with E-state index in [1.165, 1.54) is 0 Å². The van der Waals surface area contributed by atoms with E-state index in [-0.39, 0.29) is 24.4 Å². The molecule has 1 aliphatic heterocycles. The van der Waals surface area contributed by atoms with E-state index in [2.05, 4.69) is 39.5 Å². The second-order valence-corrected chi connectivity index (χ2v) is 8.20. The monoisotopic (exact) mass is 396 g/mol. The second-order valence-electron chi connectivity index (χ2n) is 8.20. The lowest BCUT2D eigenvalue weighted by molar-refractivity contribution is 0.174. The SMILES string of the molecule is C=C1c2cc3c(cc2[C@@H](c2cc(OC)c(O)c(OC)c2)[C@@H](C)C1C(C)C)OCO3. The van der Waals surface area contributed by atoms with Crippen molar-refractivity contribution in [1.29, 1.82) is 0 Å². The highest BCUT2D eigenvalue weighted by atomic mass is 16.7. The molecule has 5 heteroatoms. The third-order valence-electron chi connectivity index (χ3n) is 6.30. The Balaban J connectivity index is 1.95. The summed E-state index contributed by atoms with van der Waals surface area (Å²) in [4.78, 5) is 0. The number of aromatic hydroxyl groups is 1. The Bertz CT molecular complexity index is 937. The molecule has 1 aliphatic carbocycles. The third kappa shape index (κ3) is 3.00. The number of phenols is 1. The van der Waals surface area contributed by atoms with Gasteiger partial charge < -0.3 is 24.1 Å². The van der Waals surface area contributed by atoms with Crippen molar-refractivity contribution in [3.8, 4) is 28.7 Å². The molecule has 5 nitrogen and oxygen atoms in total. The van der Waals surface area contributed by atoms with Crippen molar-refractivity contribution in [3.05, 3.63) is 47.5 Å². The van der Waals surface area contributed by atoms with Crippen LogP contribution in [0.25, 0.3) is 5.57 Å². The summed E-state index contributed by atoms with van der Waals surface area (Å²) in [7, 11) is 3.10. The molecular weight excluding hydrogens is 368 g/mol. The molecule has 0 amide bonds. The summed E-state index contributed by atoms with van der Waals surface area (Å²) in [6, 6.07) is 7.94. The summed E-state index contributed by atoms with van der Waals surface area (Å²) in [5, 5.41) is 10.4. The highest BCUT2D eigenvalue weighted by molar-refractivity contribution is 5.75. The lowest BCUT2D eigenvalue weighted by Gasteiger charge is -2.42. The average molecular weight is 396 g/mol. The normalized spacial score (nSPS) is 22.6. The average Bonchev–Trinajstić information content (AvgIpc) is 3.15. The van der Waals surface area contributed by atoms with Gasteiger partial charge in [0.1, 0.15) is 0 Å². The van der Waals surface area contributed by atoms with Crippen molar-refractivity contribution in [2.45, 2.75) is 26.7 Å². The van der Waals surface area contributed by atoms with Crippen LogP contribution in [0.1, 0.15) is 43.4 Å². The van der Waals surface area contributed by atoms with Gasteiger partial charge in [0.15, 0.2) is 23.0 Å². The molecule has 0 fully saturated rings. The van der Waals surface area contributed by atoms with Gasteiger partial charge in [0.05, 0.1) is 14.2 Å². The standard InChI is InChI=1S/C24H28O5/c1-12(2)22-13(3)16-9-18-19(29-11-28-18)10-17(16)23(14(22)4)15-7-20(26-5)24(25)21(8-15)27-6/h7-10,12,14,22-23,25H,3,11H2,1-2,4-6H3/t14-,22?,23+/m0/s1. The van der Waals surface area contributed by atoms with Crippen LogP contribution in [0.5, 0.6) is 28.7 Å². The Morgan fingerprint density at radius 1 is 1.03 bits per heavy atom. The maximum Gasteiger partial charge on any atom is 0.231 e. The van der Waals surface area contributed by atoms with Crippen molar-refractivity contribution in [2.24, 2.45) is 17.8 Å². The zero-order chi connectivity index (χ0) is 20.9. The molecule has 1 N–H and O–H groups in total. The minimum absolute atomic E-state index is 0.0120. The van der Waals surface area contributed by atoms with Crippen LogP contribution in [0.4, 0.5) is 0 Å². The van der Waals surface area contributed by atoms with Crippen molar-refractivity contribution >= 4 is 5.57 Å². The first-order chi connectivity index (χ1) is 13.9. The van der Waals surface area contributed by atoms with Crippen LogP contribution in [0.15, 0.2) is 30.8 Å². The number of rotatable bonds is 4. The van der Waals surface area contributed by atoms with E-state index in [0.29, 0.717) is 23.3 Å². The molecule has 1 heterocycles. The fraction of sp³-hybridized carbons (Fsp3) is 0.417. The molecule has 29 heavy (non-hydrogen) atoms. The number of ether oxygens (including phenoxy) is 4. The Labute approximate surface area is 171 Å². The van der Waals surface area contributed by atoms with Crippen LogP contribution in [0, 0.1) is 17.8 Å². The van der Waals surface area contributed by atoms with Crippen LogP contribution in [0.2, 0.25) is 0 Å². The molecule has 1 unspecified atom stereocenters. The maximum atomic E-state index is 10.4. The predicted molar refractivity (Wildman–Crippen MR) is 112 cm³/mol. The molecule has 0 bridgehead atoms. The van der Waals surface area contributed by atoms with Gasteiger partial charge in [-0.1, -0.05) is 27.4 Å². The second kappa shape index (κ2) is 7.21. The highest BCUT2D eigenvalue weighted by Gasteiger charge is 2.40. The van der Waals surface area contributed by atoms with Gasteiger partial charge in [0.25, 0.3) is 0 Å². The van der Waals surface area contributed by atoms with Gasteiger partial charge in [0.2, 0.25) is 12.5 Å². The van der Waals surface area contributed by atoms with E-state index < -0.39 is 0 Å². The third-order valence-corrected chi connectivity index (χ3v) is 6.30. The van der Waals surface area contributed by atoms with E-state index in [4.69, 9.17) is 18.9 Å². The number of benzene rings is 2. The Hall–Kier alpha value is -2.82. The molecule has 0 spiro atoms. The summed E-state index contributed by atoms with van der Waals surface area (Å²) >= 11 is 0. The Morgan fingerprint density at radius 3 is 2.17 bits per heavy atom. The molecular formula is C24H28O5. The molecule has 0 radical (unpaired) electrons. The minimum atomic E-state index is 0.0120. The van der Waals surface area contributed by atoms with Gasteiger partial charge in [-0.2, -0.15) is 0 Å². The van der Waals surface area contributed by atoms with Gasteiger partial charge in [-0.3, -0.25) is 0 Å². The van der Waals surface area contributed by atoms with E-state index in [1.54, 1.807) is 14.2 Å². The van der Waals surface area contributed by atoms with Gasteiger partial charge in [-0.15, -0.1) is 0 Å². The molecule has 0 saturated carbocycles. The first-order valence-corrected chi connectivity index (χ1v) is 9.94. The highest BCUT2D eigenvalue weighted by Crippen LogP contribution is 2.54. The molecule has 0 aromatic heterocycles. The zero-order valence-electron chi connectivity index (χ0n) is 17.6. The molecule has 0 saturated heterocycles. The van der Waals surface area contributed by atoms with Crippen molar-refractivity contribution in [2.75, 3.05) is 21.0 Å². The summed E-state index contributed by atoms with van der Waals surface area (Å²) < 4.78 is 22.1. The molecule has 154 valence electrons. The van der Waals surface area contributed by atoms with Crippen LogP contribution < -0.4 is 18.9 Å². The smallest absolute Gasteiger partial charge is 0.231 e. The van der Waals surface area contributed by atoms with Gasteiger partial charge in [-0.05, 0) is 64.3 Å². The number of fused-ring (bicyclic) bond motifs is 2. The summed E-state index contributed by atoms with van der Waals surface area (Å²) in [5.41, 5.74) is 4.43. The van der Waals surface area contributed by atoms with E-state index >= 15 is 0 Å². The maximum absolute atomic E-state index is 10.4. The van der Waals surface area contributed by atoms with Crippen molar-refractivity contribution in [1.82, 2.24) is 0 Å². The molecule has 2 aromatic rings. The molecule has 4 rings (SSSR count). The number of hydrogen-bond acceptors (Lipinski definition) is 5. The first kappa shape index (κ1) is 19.5. The van der Waals surface area contributed by atoms with Crippen molar-refractivity contribution in [3.63, 3.8) is 0 Å². The van der Waals surface area contributed by atoms with Crippen LogP contribution in [-0.2, 0) is 0 Å². The van der Waals surface area contributed by atoms with Crippen molar-refractivity contribution < 1.29 is 24.1 Å². The first-order valence-electron chi connectivity index (χ1n) is 9.94. The number of methoxy groups -OCH3 is 2. The lowest BCUT2D eigenvalue weighted by atomic mass is 9.62. The molecule has 2 aromatic carbocycles. The predicted octanol–water partition coefficient (Wildman–Crippen LogP) is 5.21. The van der Waals surface area contributed by atoms with E-state index in [9.17, 15) is 5.11 Å². The fourth-order valence-corrected chi connectivity index (χ4v) is 5.07. The summed E-state index contributed by atoms with van der Waals surface area (Å²) in [6.07, 6.45) is 0. The summed E-state index contributed by atoms with van der Waals surface area (Å²) in [6.45, 7) is 11.4. The number of phenolic OH excluding ortho intramolecular Hbond substituents is 1. The lowest BCUT2D eigenvalue weighted by Crippen LogP contribution is -2.30. The zero-order valence-corrected chi connectivity index (χ0v) is 17.6. The van der Waals surface area contributed by atoms with Gasteiger partial charge in [0, 0.05) is 5.92 Å². The number of hydrogen-bond donors (Lipinski definition) is 1. The molecule has 3 atom stereocenters. The fourth-order valence-electron chi connectivity index (χ4n) is 5.07. The van der Waals surface area contributed by atoms with E-state index in [1.807, 2.05) is 12.1 Å². The van der Waals surface area contributed by atoms with Crippen LogP contribution in [0.3, 0.4) is 0 Å². The van der Waals surface area contributed by atoms with Crippen LogP contribution in [-0.4, -0.2) is 26.1 Å².